The Morgan fingerprint density at radius 1 is 1.11 bits per heavy atom. The summed E-state index contributed by atoms with van der Waals surface area (Å²) in [4.78, 5) is 12.6. The zero-order valence-electron chi connectivity index (χ0n) is 15.4. The first-order chi connectivity index (χ1) is 13.0. The van der Waals surface area contributed by atoms with Gasteiger partial charge in [0.05, 0.1) is 24.3 Å². The second kappa shape index (κ2) is 8.73. The molecule has 0 unspecified atom stereocenters. The number of benzene rings is 2. The van der Waals surface area contributed by atoms with Crippen LogP contribution in [0.4, 0.5) is 0 Å². The second-order valence-electron chi connectivity index (χ2n) is 6.25. The summed E-state index contributed by atoms with van der Waals surface area (Å²) in [6.07, 6.45) is 0. The maximum atomic E-state index is 12.6. The number of carbonyl (C=O) groups excluding carboxylic acids is 1. The molecule has 2 aromatic carbocycles. The molecule has 1 heterocycles. The molecule has 0 fully saturated rings. The highest BCUT2D eigenvalue weighted by Gasteiger charge is 2.18. The van der Waals surface area contributed by atoms with Gasteiger partial charge in [-0.25, -0.2) is 0 Å². The van der Waals surface area contributed by atoms with Crippen molar-refractivity contribution in [3.63, 3.8) is 0 Å². The zero-order valence-corrected chi connectivity index (χ0v) is 16.2. The van der Waals surface area contributed by atoms with E-state index in [0.717, 1.165) is 22.7 Å². The van der Waals surface area contributed by atoms with Crippen molar-refractivity contribution in [3.8, 4) is 5.75 Å². The molecule has 0 aliphatic rings. The Hall–Kier alpha value is -2.79. The van der Waals surface area contributed by atoms with Crippen LogP contribution in [0.1, 0.15) is 27.3 Å². The van der Waals surface area contributed by atoms with Crippen molar-refractivity contribution in [2.45, 2.75) is 20.4 Å². The number of rotatable bonds is 7. The molecule has 0 saturated heterocycles. The Bertz CT molecular complexity index is 905. The fraction of sp³-hybridized carbons (Fsp3) is 0.238. The van der Waals surface area contributed by atoms with E-state index >= 15 is 0 Å². The number of nitrogens with one attached hydrogen (secondary N) is 1. The van der Waals surface area contributed by atoms with Crippen LogP contribution in [-0.4, -0.2) is 28.8 Å². The number of ether oxygens (including phenoxy) is 1. The van der Waals surface area contributed by atoms with Gasteiger partial charge < -0.3 is 10.1 Å². The lowest BCUT2D eigenvalue weighted by Crippen LogP contribution is -2.29. The summed E-state index contributed by atoms with van der Waals surface area (Å²) in [5.74, 6) is 0.584. The monoisotopic (exact) mass is 383 g/mol. The molecule has 0 aliphatic carbocycles. The Labute approximate surface area is 163 Å². The van der Waals surface area contributed by atoms with E-state index < -0.39 is 0 Å². The number of hydrogen-bond acceptors (Lipinski definition) is 3. The van der Waals surface area contributed by atoms with Crippen LogP contribution in [0.25, 0.3) is 0 Å². The van der Waals surface area contributed by atoms with Crippen molar-refractivity contribution in [2.75, 3.05) is 13.2 Å². The zero-order chi connectivity index (χ0) is 19.2. The van der Waals surface area contributed by atoms with Crippen LogP contribution in [0.15, 0.2) is 54.6 Å². The minimum absolute atomic E-state index is 0.135. The quantitative estimate of drug-likeness (QED) is 0.627. The van der Waals surface area contributed by atoms with E-state index in [2.05, 4.69) is 10.4 Å². The fourth-order valence-electron chi connectivity index (χ4n) is 2.89. The predicted molar refractivity (Wildman–Crippen MR) is 107 cm³/mol. The molecule has 1 amide bonds. The molecular formula is C21H22ClN3O2. The Kier molecular flexibility index (Phi) is 6.14. The summed E-state index contributed by atoms with van der Waals surface area (Å²) in [6, 6.07) is 17.2. The van der Waals surface area contributed by atoms with E-state index in [9.17, 15) is 4.79 Å². The summed E-state index contributed by atoms with van der Waals surface area (Å²) in [5, 5.41) is 8.08. The molecule has 5 nitrogen and oxygen atoms in total. The van der Waals surface area contributed by atoms with Crippen LogP contribution in [0, 0.1) is 13.8 Å². The number of halogens is 1. The molecule has 27 heavy (non-hydrogen) atoms. The van der Waals surface area contributed by atoms with Gasteiger partial charge in [0.15, 0.2) is 0 Å². The number of aryl methyl sites for hydroxylation is 1. The van der Waals surface area contributed by atoms with Crippen LogP contribution in [0.2, 0.25) is 5.02 Å². The van der Waals surface area contributed by atoms with Gasteiger partial charge in [-0.05, 0) is 43.7 Å². The maximum absolute atomic E-state index is 12.6. The molecule has 0 aliphatic heterocycles. The molecule has 3 aromatic rings. The molecule has 0 saturated carbocycles. The number of nitrogens with zero attached hydrogens (tertiary/aromatic N) is 2. The van der Waals surface area contributed by atoms with Gasteiger partial charge >= 0.3 is 0 Å². The molecular weight excluding hydrogens is 362 g/mol. The van der Waals surface area contributed by atoms with E-state index in [1.807, 2.05) is 48.9 Å². The molecule has 1 aromatic heterocycles. The first-order valence-electron chi connectivity index (χ1n) is 8.79. The summed E-state index contributed by atoms with van der Waals surface area (Å²) >= 11 is 5.84. The van der Waals surface area contributed by atoms with Gasteiger partial charge in [-0.1, -0.05) is 41.9 Å². The van der Waals surface area contributed by atoms with Crippen molar-refractivity contribution in [3.05, 3.63) is 82.1 Å². The van der Waals surface area contributed by atoms with Gasteiger partial charge in [0.1, 0.15) is 12.4 Å². The third-order valence-electron chi connectivity index (χ3n) is 4.25. The molecule has 0 atom stereocenters. The molecule has 0 bridgehead atoms. The van der Waals surface area contributed by atoms with Gasteiger partial charge in [0, 0.05) is 10.7 Å². The average molecular weight is 384 g/mol. The number of amides is 1. The minimum Gasteiger partial charge on any atom is -0.492 e. The van der Waals surface area contributed by atoms with E-state index in [1.54, 1.807) is 24.3 Å². The van der Waals surface area contributed by atoms with Crippen molar-refractivity contribution in [2.24, 2.45) is 0 Å². The normalized spacial score (nSPS) is 10.6. The van der Waals surface area contributed by atoms with Crippen molar-refractivity contribution >= 4 is 17.5 Å². The second-order valence-corrected chi connectivity index (χ2v) is 6.68. The summed E-state index contributed by atoms with van der Waals surface area (Å²) in [6.45, 7) is 5.20. The third-order valence-corrected chi connectivity index (χ3v) is 4.51. The lowest BCUT2D eigenvalue weighted by atomic mass is 10.2. The van der Waals surface area contributed by atoms with Gasteiger partial charge in [-0.15, -0.1) is 0 Å². The average Bonchev–Trinajstić information content (AvgIpc) is 2.94. The Balaban J connectivity index is 1.57. The van der Waals surface area contributed by atoms with Crippen LogP contribution >= 0.6 is 11.6 Å². The van der Waals surface area contributed by atoms with Crippen LogP contribution in [0.5, 0.6) is 5.75 Å². The topological polar surface area (TPSA) is 56.2 Å². The standard InChI is InChI=1S/C21H22ClN3O2/c1-15-20(16(2)25(24-15)14-17-6-4-3-5-7-17)21(26)23-12-13-27-19-10-8-18(22)9-11-19/h3-11H,12-14H2,1-2H3,(H,23,26). The van der Waals surface area contributed by atoms with Crippen LogP contribution in [0.3, 0.4) is 0 Å². The molecule has 140 valence electrons. The van der Waals surface area contributed by atoms with E-state index in [0.29, 0.717) is 30.3 Å². The SMILES string of the molecule is Cc1nn(Cc2ccccc2)c(C)c1C(=O)NCCOc1ccc(Cl)cc1. The summed E-state index contributed by atoms with van der Waals surface area (Å²) < 4.78 is 7.46. The molecule has 6 heteroatoms. The molecule has 1 N–H and O–H groups in total. The van der Waals surface area contributed by atoms with Gasteiger partial charge in [-0.3, -0.25) is 9.48 Å². The fourth-order valence-corrected chi connectivity index (χ4v) is 3.01. The van der Waals surface area contributed by atoms with Crippen LogP contribution in [-0.2, 0) is 6.54 Å². The van der Waals surface area contributed by atoms with E-state index in [4.69, 9.17) is 16.3 Å². The predicted octanol–water partition coefficient (Wildman–Crippen LogP) is 4.01. The van der Waals surface area contributed by atoms with Crippen LogP contribution < -0.4 is 10.1 Å². The summed E-state index contributed by atoms with van der Waals surface area (Å²) in [7, 11) is 0. The van der Waals surface area contributed by atoms with Gasteiger partial charge in [-0.2, -0.15) is 5.10 Å². The number of hydrogen-bond donors (Lipinski definition) is 1. The van der Waals surface area contributed by atoms with E-state index in [-0.39, 0.29) is 5.91 Å². The molecule has 3 rings (SSSR count). The Morgan fingerprint density at radius 2 is 1.81 bits per heavy atom. The minimum atomic E-state index is -0.135. The van der Waals surface area contributed by atoms with Crippen molar-refractivity contribution in [1.82, 2.24) is 15.1 Å². The molecule has 0 radical (unpaired) electrons. The first-order valence-corrected chi connectivity index (χ1v) is 9.17. The maximum Gasteiger partial charge on any atom is 0.255 e. The first kappa shape index (κ1) is 19.0. The van der Waals surface area contributed by atoms with Gasteiger partial charge in [0.2, 0.25) is 0 Å². The number of carbonyl (C=O) groups is 1. The Morgan fingerprint density at radius 3 is 2.52 bits per heavy atom. The lowest BCUT2D eigenvalue weighted by Gasteiger charge is -2.09. The lowest BCUT2D eigenvalue weighted by molar-refractivity contribution is 0.0945. The highest BCUT2D eigenvalue weighted by atomic mass is 35.5. The van der Waals surface area contributed by atoms with Crippen molar-refractivity contribution in [1.29, 1.82) is 0 Å². The highest BCUT2D eigenvalue weighted by Crippen LogP contribution is 2.16. The largest absolute Gasteiger partial charge is 0.492 e. The third kappa shape index (κ3) is 4.89. The number of aromatic nitrogens is 2. The highest BCUT2D eigenvalue weighted by molar-refractivity contribution is 6.30. The molecule has 0 spiro atoms. The van der Waals surface area contributed by atoms with Crippen molar-refractivity contribution < 1.29 is 9.53 Å². The summed E-state index contributed by atoms with van der Waals surface area (Å²) in [5.41, 5.74) is 3.34. The van der Waals surface area contributed by atoms with E-state index in [1.165, 1.54) is 0 Å². The smallest absolute Gasteiger partial charge is 0.255 e. The van der Waals surface area contributed by atoms with Gasteiger partial charge in [0.25, 0.3) is 5.91 Å².